The molecular weight excluding hydrogens is 370 g/mol. The standard InChI is InChI=1S/C22H29N3O4/c1-15-7-5-6-13-24(15)21(28)16(2)25-14-12-22(11-10-19(25)26)23-20(27)17-8-3-4-9-18(17)29-22/h3-4,8-9,15-16H,5-7,10-14H2,1-2H3,(H,23,27). The maximum absolute atomic E-state index is 13.1. The van der Waals surface area contributed by atoms with Crippen molar-refractivity contribution in [3.63, 3.8) is 0 Å². The fraction of sp³-hybridized carbons (Fsp3) is 0.591. The first-order valence-corrected chi connectivity index (χ1v) is 10.6. The molecule has 3 atom stereocenters. The van der Waals surface area contributed by atoms with Crippen LogP contribution in [0, 0.1) is 0 Å². The molecule has 1 N–H and O–H groups in total. The Kier molecular flexibility index (Phi) is 5.23. The predicted octanol–water partition coefficient (Wildman–Crippen LogP) is 2.31. The van der Waals surface area contributed by atoms with Crippen LogP contribution in [0.5, 0.6) is 5.75 Å². The van der Waals surface area contributed by atoms with E-state index in [0.29, 0.717) is 30.7 Å². The van der Waals surface area contributed by atoms with Crippen molar-refractivity contribution in [1.29, 1.82) is 0 Å². The highest BCUT2D eigenvalue weighted by molar-refractivity contribution is 5.98. The minimum absolute atomic E-state index is 0.0143. The maximum atomic E-state index is 13.1. The number of carbonyl (C=O) groups is 3. The molecule has 1 spiro atoms. The number of ether oxygens (including phenoxy) is 1. The number of amides is 3. The average molecular weight is 399 g/mol. The van der Waals surface area contributed by atoms with Crippen LogP contribution in [-0.4, -0.2) is 58.4 Å². The van der Waals surface area contributed by atoms with Crippen LogP contribution in [-0.2, 0) is 9.59 Å². The second-order valence-electron chi connectivity index (χ2n) is 8.44. The smallest absolute Gasteiger partial charge is 0.258 e. The highest BCUT2D eigenvalue weighted by atomic mass is 16.5. The Morgan fingerprint density at radius 3 is 2.79 bits per heavy atom. The summed E-state index contributed by atoms with van der Waals surface area (Å²) in [7, 11) is 0. The first kappa shape index (κ1) is 19.7. The van der Waals surface area contributed by atoms with Crippen molar-refractivity contribution in [2.45, 2.75) is 70.2 Å². The van der Waals surface area contributed by atoms with E-state index >= 15 is 0 Å². The summed E-state index contributed by atoms with van der Waals surface area (Å²) in [5.74, 6) is 0.312. The number of para-hydroxylation sites is 1. The Bertz CT molecular complexity index is 826. The Morgan fingerprint density at radius 1 is 1.21 bits per heavy atom. The third kappa shape index (κ3) is 3.70. The first-order valence-electron chi connectivity index (χ1n) is 10.6. The van der Waals surface area contributed by atoms with E-state index in [1.54, 1.807) is 23.1 Å². The van der Waals surface area contributed by atoms with Gasteiger partial charge in [-0.3, -0.25) is 14.4 Å². The Morgan fingerprint density at radius 2 is 2.00 bits per heavy atom. The third-order valence-electron chi connectivity index (χ3n) is 6.51. The molecule has 0 bridgehead atoms. The molecule has 0 aliphatic carbocycles. The van der Waals surface area contributed by atoms with Crippen LogP contribution >= 0.6 is 0 Å². The van der Waals surface area contributed by atoms with E-state index in [2.05, 4.69) is 12.2 Å². The van der Waals surface area contributed by atoms with Crippen LogP contribution in [0.3, 0.4) is 0 Å². The number of hydrogen-bond acceptors (Lipinski definition) is 4. The van der Waals surface area contributed by atoms with Gasteiger partial charge in [-0.25, -0.2) is 0 Å². The molecule has 2 saturated heterocycles. The zero-order valence-corrected chi connectivity index (χ0v) is 17.1. The van der Waals surface area contributed by atoms with Crippen molar-refractivity contribution in [2.75, 3.05) is 13.1 Å². The largest absolute Gasteiger partial charge is 0.467 e. The molecule has 1 aromatic rings. The highest BCUT2D eigenvalue weighted by Gasteiger charge is 2.44. The fourth-order valence-corrected chi connectivity index (χ4v) is 4.69. The van der Waals surface area contributed by atoms with E-state index in [1.807, 2.05) is 17.9 Å². The van der Waals surface area contributed by atoms with Crippen molar-refractivity contribution in [2.24, 2.45) is 0 Å². The van der Waals surface area contributed by atoms with Crippen LogP contribution in [0.1, 0.15) is 62.7 Å². The lowest BCUT2D eigenvalue weighted by Crippen LogP contribution is -2.57. The van der Waals surface area contributed by atoms with Gasteiger partial charge in [0.2, 0.25) is 11.8 Å². The lowest BCUT2D eigenvalue weighted by atomic mass is 10.0. The highest BCUT2D eigenvalue weighted by Crippen LogP contribution is 2.34. The monoisotopic (exact) mass is 399 g/mol. The van der Waals surface area contributed by atoms with Gasteiger partial charge in [0.15, 0.2) is 5.72 Å². The molecule has 156 valence electrons. The van der Waals surface area contributed by atoms with Gasteiger partial charge in [0.05, 0.1) is 5.56 Å². The van der Waals surface area contributed by atoms with Crippen LogP contribution in [0.2, 0.25) is 0 Å². The van der Waals surface area contributed by atoms with Gasteiger partial charge >= 0.3 is 0 Å². The minimum atomic E-state index is -0.906. The van der Waals surface area contributed by atoms with E-state index in [0.717, 1.165) is 25.8 Å². The van der Waals surface area contributed by atoms with E-state index in [1.165, 1.54) is 0 Å². The van der Waals surface area contributed by atoms with E-state index in [9.17, 15) is 14.4 Å². The third-order valence-corrected chi connectivity index (χ3v) is 6.51. The number of benzene rings is 1. The summed E-state index contributed by atoms with van der Waals surface area (Å²) in [5.41, 5.74) is -0.398. The van der Waals surface area contributed by atoms with Crippen molar-refractivity contribution in [1.82, 2.24) is 15.1 Å². The first-order chi connectivity index (χ1) is 13.9. The van der Waals surface area contributed by atoms with Crippen LogP contribution in [0.4, 0.5) is 0 Å². The van der Waals surface area contributed by atoms with Gasteiger partial charge in [-0.05, 0) is 45.2 Å². The molecule has 3 amide bonds. The number of rotatable bonds is 2. The molecule has 7 heteroatoms. The van der Waals surface area contributed by atoms with Gasteiger partial charge in [-0.1, -0.05) is 12.1 Å². The lowest BCUT2D eigenvalue weighted by Gasteiger charge is -2.39. The second-order valence-corrected chi connectivity index (χ2v) is 8.44. The lowest BCUT2D eigenvalue weighted by molar-refractivity contribution is -0.147. The van der Waals surface area contributed by atoms with Gasteiger partial charge in [0.25, 0.3) is 5.91 Å². The zero-order chi connectivity index (χ0) is 20.6. The molecule has 3 aliphatic rings. The number of likely N-dealkylation sites (tertiary alicyclic amines) is 2. The Balaban J connectivity index is 1.49. The van der Waals surface area contributed by atoms with Crippen LogP contribution in [0.25, 0.3) is 0 Å². The van der Waals surface area contributed by atoms with E-state index < -0.39 is 11.8 Å². The van der Waals surface area contributed by atoms with E-state index in [4.69, 9.17) is 4.74 Å². The zero-order valence-electron chi connectivity index (χ0n) is 17.1. The van der Waals surface area contributed by atoms with Crippen molar-refractivity contribution in [3.8, 4) is 5.75 Å². The summed E-state index contributed by atoms with van der Waals surface area (Å²) in [6.07, 6.45) is 4.24. The van der Waals surface area contributed by atoms with E-state index in [-0.39, 0.29) is 30.2 Å². The fourth-order valence-electron chi connectivity index (χ4n) is 4.69. The molecule has 3 heterocycles. The summed E-state index contributed by atoms with van der Waals surface area (Å²) in [6.45, 7) is 5.02. The van der Waals surface area contributed by atoms with Gasteiger partial charge in [0, 0.05) is 38.4 Å². The number of fused-ring (bicyclic) bond motifs is 1. The average Bonchev–Trinajstić information content (AvgIpc) is 2.87. The Hall–Kier alpha value is -2.57. The van der Waals surface area contributed by atoms with Crippen molar-refractivity contribution >= 4 is 17.7 Å². The number of nitrogens with one attached hydrogen (secondary N) is 1. The molecule has 1 aromatic carbocycles. The Labute approximate surface area is 171 Å². The van der Waals surface area contributed by atoms with Gasteiger partial charge in [-0.15, -0.1) is 0 Å². The molecule has 4 rings (SSSR count). The molecule has 3 aliphatic heterocycles. The summed E-state index contributed by atoms with van der Waals surface area (Å²) in [6, 6.07) is 6.85. The topological polar surface area (TPSA) is 79.0 Å². The van der Waals surface area contributed by atoms with Gasteiger partial charge in [-0.2, -0.15) is 0 Å². The second kappa shape index (κ2) is 7.69. The minimum Gasteiger partial charge on any atom is -0.467 e. The quantitative estimate of drug-likeness (QED) is 0.828. The number of carbonyl (C=O) groups excluding carboxylic acids is 3. The molecule has 0 aromatic heterocycles. The van der Waals surface area contributed by atoms with Crippen LogP contribution < -0.4 is 10.1 Å². The molecular formula is C22H29N3O4. The summed E-state index contributed by atoms with van der Waals surface area (Å²) in [4.78, 5) is 42.1. The molecule has 29 heavy (non-hydrogen) atoms. The number of piperidine rings is 1. The molecule has 0 radical (unpaired) electrons. The predicted molar refractivity (Wildman–Crippen MR) is 107 cm³/mol. The summed E-state index contributed by atoms with van der Waals surface area (Å²) in [5, 5.41) is 2.97. The SMILES string of the molecule is CC1CCCCN1C(=O)C(C)N1CCC2(CCC1=O)NC(=O)c1ccccc1O2. The number of hydrogen-bond donors (Lipinski definition) is 1. The van der Waals surface area contributed by atoms with Crippen molar-refractivity contribution in [3.05, 3.63) is 29.8 Å². The normalized spacial score (nSPS) is 28.3. The van der Waals surface area contributed by atoms with Crippen molar-refractivity contribution < 1.29 is 19.1 Å². The van der Waals surface area contributed by atoms with Gasteiger partial charge in [0.1, 0.15) is 11.8 Å². The summed E-state index contributed by atoms with van der Waals surface area (Å²) >= 11 is 0. The maximum Gasteiger partial charge on any atom is 0.258 e. The van der Waals surface area contributed by atoms with Crippen LogP contribution in [0.15, 0.2) is 24.3 Å². The summed E-state index contributed by atoms with van der Waals surface area (Å²) < 4.78 is 6.17. The molecule has 2 fully saturated rings. The number of nitrogens with zero attached hydrogens (tertiary/aromatic N) is 2. The van der Waals surface area contributed by atoms with Gasteiger partial charge < -0.3 is 19.9 Å². The molecule has 0 saturated carbocycles. The molecule has 3 unspecified atom stereocenters. The molecule has 7 nitrogen and oxygen atoms in total.